The summed E-state index contributed by atoms with van der Waals surface area (Å²) in [6.07, 6.45) is 1.80. The lowest BCUT2D eigenvalue weighted by atomic mass is 10.0. The molecule has 4 aromatic rings. The molecule has 0 radical (unpaired) electrons. The van der Waals surface area contributed by atoms with Gasteiger partial charge in [-0.15, -0.1) is 0 Å². The Balaban J connectivity index is 1.66. The van der Waals surface area contributed by atoms with Crippen molar-refractivity contribution in [3.8, 4) is 5.75 Å². The third-order valence-corrected chi connectivity index (χ3v) is 4.82. The average molecular weight is 347 g/mol. The van der Waals surface area contributed by atoms with Crippen molar-refractivity contribution in [1.29, 1.82) is 0 Å². The summed E-state index contributed by atoms with van der Waals surface area (Å²) in [5.74, 6) is 0.830. The van der Waals surface area contributed by atoms with E-state index in [1.807, 2.05) is 43.3 Å². The first kappa shape index (κ1) is 15.6. The zero-order valence-corrected chi connectivity index (χ0v) is 14.6. The van der Waals surface area contributed by atoms with Gasteiger partial charge in [0.2, 0.25) is 5.13 Å². The maximum Gasteiger partial charge on any atom is 0.204 e. The summed E-state index contributed by atoms with van der Waals surface area (Å²) in [5, 5.41) is 7.44. The van der Waals surface area contributed by atoms with E-state index in [1.165, 1.54) is 0 Å². The maximum absolute atomic E-state index is 5.76. The zero-order valence-electron chi connectivity index (χ0n) is 13.8. The number of ether oxygens (including phenoxy) is 1. The Hall–Kier alpha value is -2.92. The molecule has 5 heteroatoms. The Morgan fingerprint density at radius 2 is 1.92 bits per heavy atom. The largest absolute Gasteiger partial charge is 0.493 e. The van der Waals surface area contributed by atoms with Gasteiger partial charge < -0.3 is 4.74 Å². The minimum absolute atomic E-state index is 0.616. The van der Waals surface area contributed by atoms with Gasteiger partial charge in [-0.3, -0.25) is 5.43 Å². The van der Waals surface area contributed by atoms with Gasteiger partial charge in [-0.25, -0.2) is 4.98 Å². The van der Waals surface area contributed by atoms with Gasteiger partial charge in [-0.05, 0) is 35.9 Å². The van der Waals surface area contributed by atoms with Gasteiger partial charge in [0.05, 0.1) is 23.0 Å². The number of aromatic nitrogens is 1. The first-order valence-electron chi connectivity index (χ1n) is 8.14. The first-order valence-corrected chi connectivity index (χ1v) is 8.96. The minimum Gasteiger partial charge on any atom is -0.493 e. The van der Waals surface area contributed by atoms with Crippen molar-refractivity contribution in [2.24, 2.45) is 5.10 Å². The molecule has 0 aliphatic carbocycles. The van der Waals surface area contributed by atoms with Crippen LogP contribution in [0, 0.1) is 0 Å². The highest BCUT2D eigenvalue weighted by Gasteiger charge is 2.07. The van der Waals surface area contributed by atoms with Crippen molar-refractivity contribution in [3.05, 3.63) is 66.2 Å². The number of fused-ring (bicyclic) bond motifs is 2. The molecule has 0 unspecified atom stereocenters. The van der Waals surface area contributed by atoms with E-state index < -0.39 is 0 Å². The van der Waals surface area contributed by atoms with Gasteiger partial charge in [0.1, 0.15) is 5.75 Å². The second-order valence-electron chi connectivity index (χ2n) is 5.49. The van der Waals surface area contributed by atoms with Crippen LogP contribution >= 0.6 is 11.3 Å². The molecule has 0 amide bonds. The molecule has 4 nitrogen and oxygen atoms in total. The highest BCUT2D eigenvalue weighted by Crippen LogP contribution is 2.28. The molecule has 0 saturated heterocycles. The Morgan fingerprint density at radius 1 is 1.08 bits per heavy atom. The molecule has 4 rings (SSSR count). The molecule has 1 N–H and O–H groups in total. The van der Waals surface area contributed by atoms with E-state index >= 15 is 0 Å². The van der Waals surface area contributed by atoms with Gasteiger partial charge in [-0.1, -0.05) is 53.8 Å². The molecule has 124 valence electrons. The first-order chi connectivity index (χ1) is 12.3. The van der Waals surface area contributed by atoms with E-state index in [1.54, 1.807) is 17.6 Å². The Kier molecular flexibility index (Phi) is 4.31. The van der Waals surface area contributed by atoms with Crippen molar-refractivity contribution < 1.29 is 4.74 Å². The van der Waals surface area contributed by atoms with Gasteiger partial charge >= 0.3 is 0 Å². The molecular formula is C20H17N3OS. The fourth-order valence-corrected chi connectivity index (χ4v) is 3.58. The fraction of sp³-hybridized carbons (Fsp3) is 0.100. The molecule has 1 heterocycles. The SMILES string of the molecule is CCOc1ccc2ccccc2c1C=NNc1nc2ccccc2s1. The Labute approximate surface area is 149 Å². The number of anilines is 1. The van der Waals surface area contributed by atoms with Gasteiger partial charge in [0.25, 0.3) is 0 Å². The van der Waals surface area contributed by atoms with E-state index in [0.717, 1.165) is 37.4 Å². The lowest BCUT2D eigenvalue weighted by Gasteiger charge is -2.10. The van der Waals surface area contributed by atoms with Crippen LogP contribution in [0.25, 0.3) is 21.0 Å². The Bertz CT molecular complexity index is 1020. The van der Waals surface area contributed by atoms with Gasteiger partial charge in [0.15, 0.2) is 0 Å². The molecule has 0 spiro atoms. The predicted molar refractivity (Wildman–Crippen MR) is 106 cm³/mol. The molecule has 25 heavy (non-hydrogen) atoms. The van der Waals surface area contributed by atoms with Crippen molar-refractivity contribution in [1.82, 2.24) is 4.98 Å². The van der Waals surface area contributed by atoms with E-state index in [4.69, 9.17) is 4.74 Å². The van der Waals surface area contributed by atoms with Crippen molar-refractivity contribution in [2.45, 2.75) is 6.92 Å². The highest BCUT2D eigenvalue weighted by atomic mass is 32.1. The number of benzene rings is 3. The topological polar surface area (TPSA) is 46.5 Å². The maximum atomic E-state index is 5.76. The number of nitrogens with zero attached hydrogens (tertiary/aromatic N) is 2. The molecule has 0 atom stereocenters. The van der Waals surface area contributed by atoms with Crippen LogP contribution in [0.1, 0.15) is 12.5 Å². The molecule has 3 aromatic carbocycles. The summed E-state index contributed by atoms with van der Waals surface area (Å²) in [6, 6.07) is 20.3. The summed E-state index contributed by atoms with van der Waals surface area (Å²) in [6.45, 7) is 2.60. The quantitative estimate of drug-likeness (QED) is 0.394. The lowest BCUT2D eigenvalue weighted by Crippen LogP contribution is -1.98. The molecule has 0 bridgehead atoms. The van der Waals surface area contributed by atoms with E-state index in [9.17, 15) is 0 Å². The summed E-state index contributed by atoms with van der Waals surface area (Å²) in [7, 11) is 0. The number of hydrogen-bond acceptors (Lipinski definition) is 5. The van der Waals surface area contributed by atoms with Crippen LogP contribution in [0.5, 0.6) is 5.75 Å². The monoisotopic (exact) mass is 347 g/mol. The van der Waals surface area contributed by atoms with Crippen molar-refractivity contribution >= 4 is 43.7 Å². The van der Waals surface area contributed by atoms with E-state index in [0.29, 0.717) is 6.61 Å². The second kappa shape index (κ2) is 6.91. The summed E-state index contributed by atoms with van der Waals surface area (Å²) < 4.78 is 6.90. The van der Waals surface area contributed by atoms with Crippen LogP contribution < -0.4 is 10.2 Å². The van der Waals surface area contributed by atoms with Crippen LogP contribution in [0.15, 0.2) is 65.8 Å². The molecule has 0 aliphatic rings. The summed E-state index contributed by atoms with van der Waals surface area (Å²) in [5.41, 5.74) is 4.98. The number of thiazole rings is 1. The van der Waals surface area contributed by atoms with Crippen molar-refractivity contribution in [3.63, 3.8) is 0 Å². The smallest absolute Gasteiger partial charge is 0.204 e. The number of para-hydroxylation sites is 1. The number of hydrazone groups is 1. The third-order valence-electron chi connectivity index (χ3n) is 3.88. The third kappa shape index (κ3) is 3.19. The summed E-state index contributed by atoms with van der Waals surface area (Å²) >= 11 is 1.58. The van der Waals surface area contributed by atoms with Crippen LogP contribution in [0.2, 0.25) is 0 Å². The minimum atomic E-state index is 0.616. The lowest BCUT2D eigenvalue weighted by molar-refractivity contribution is 0.340. The van der Waals surface area contributed by atoms with Gasteiger partial charge in [-0.2, -0.15) is 5.10 Å². The molecule has 1 aromatic heterocycles. The summed E-state index contributed by atoms with van der Waals surface area (Å²) in [4.78, 5) is 4.53. The molecule has 0 aliphatic heterocycles. The van der Waals surface area contributed by atoms with Crippen molar-refractivity contribution in [2.75, 3.05) is 12.0 Å². The molecular weight excluding hydrogens is 330 g/mol. The van der Waals surface area contributed by atoms with Crippen LogP contribution in [-0.2, 0) is 0 Å². The Morgan fingerprint density at radius 3 is 2.80 bits per heavy atom. The van der Waals surface area contributed by atoms with Crippen LogP contribution in [-0.4, -0.2) is 17.8 Å². The van der Waals surface area contributed by atoms with Crippen LogP contribution in [0.3, 0.4) is 0 Å². The predicted octanol–water partition coefficient (Wildman–Crippen LogP) is 5.29. The number of rotatable bonds is 5. The number of hydrogen-bond donors (Lipinski definition) is 1. The van der Waals surface area contributed by atoms with E-state index in [-0.39, 0.29) is 0 Å². The fourth-order valence-electron chi connectivity index (χ4n) is 2.76. The number of nitrogens with one attached hydrogen (secondary N) is 1. The standard InChI is InChI=1S/C20H17N3OS/c1-2-24-18-12-11-14-7-3-4-8-15(14)16(18)13-21-23-20-22-17-9-5-6-10-19(17)25-20/h3-13H,2H2,1H3,(H,22,23). The zero-order chi connectivity index (χ0) is 17.1. The molecule has 0 fully saturated rings. The average Bonchev–Trinajstić information content (AvgIpc) is 3.06. The normalized spacial score (nSPS) is 11.4. The van der Waals surface area contributed by atoms with Crippen LogP contribution in [0.4, 0.5) is 5.13 Å². The van der Waals surface area contributed by atoms with E-state index in [2.05, 4.69) is 39.8 Å². The molecule has 0 saturated carbocycles. The highest BCUT2D eigenvalue weighted by molar-refractivity contribution is 7.22. The van der Waals surface area contributed by atoms with Gasteiger partial charge in [0, 0.05) is 5.56 Å². The second-order valence-corrected chi connectivity index (χ2v) is 6.52.